The summed E-state index contributed by atoms with van der Waals surface area (Å²) in [5.74, 6) is 1.73. The fourth-order valence-corrected chi connectivity index (χ4v) is 5.28. The van der Waals surface area contributed by atoms with Crippen molar-refractivity contribution in [3.8, 4) is 5.75 Å². The van der Waals surface area contributed by atoms with E-state index in [1.165, 1.54) is 0 Å². The lowest BCUT2D eigenvalue weighted by Crippen LogP contribution is -2.49. The number of hydrogen-bond donors (Lipinski definition) is 0. The molecule has 36 heavy (non-hydrogen) atoms. The Labute approximate surface area is 211 Å². The smallest absolute Gasteiger partial charge is 0.260 e. The molecule has 0 saturated carbocycles. The molecule has 0 N–H and O–H groups in total. The van der Waals surface area contributed by atoms with Gasteiger partial charge in [-0.05, 0) is 75.9 Å². The van der Waals surface area contributed by atoms with Crippen LogP contribution < -0.4 is 14.5 Å². The van der Waals surface area contributed by atoms with Crippen LogP contribution in [0.5, 0.6) is 5.75 Å². The normalized spacial score (nSPS) is 20.1. The van der Waals surface area contributed by atoms with Gasteiger partial charge in [-0.25, -0.2) is 9.97 Å². The third kappa shape index (κ3) is 4.72. The van der Waals surface area contributed by atoms with E-state index in [4.69, 9.17) is 14.7 Å². The van der Waals surface area contributed by atoms with Crippen LogP contribution in [0, 0.1) is 0 Å². The maximum Gasteiger partial charge on any atom is 0.260 e. The number of carbonyl (C=O) groups is 2. The van der Waals surface area contributed by atoms with Crippen molar-refractivity contribution in [2.75, 3.05) is 36.5 Å². The number of benzene rings is 2. The fourth-order valence-electron chi connectivity index (χ4n) is 5.28. The molecule has 8 heteroatoms. The van der Waals surface area contributed by atoms with Crippen LogP contribution in [-0.4, -0.2) is 65.5 Å². The van der Waals surface area contributed by atoms with Crippen molar-refractivity contribution in [3.63, 3.8) is 0 Å². The summed E-state index contributed by atoms with van der Waals surface area (Å²) >= 11 is 0. The molecule has 1 fully saturated rings. The van der Waals surface area contributed by atoms with Crippen LogP contribution in [-0.2, 0) is 4.79 Å². The fraction of sp³-hybridized carbons (Fsp3) is 0.429. The molecule has 2 aliphatic heterocycles. The summed E-state index contributed by atoms with van der Waals surface area (Å²) < 4.78 is 5.79. The first kappa shape index (κ1) is 24.0. The molecule has 0 spiro atoms. The molecular weight excluding hydrogens is 454 g/mol. The molecule has 8 nitrogen and oxygen atoms in total. The summed E-state index contributed by atoms with van der Waals surface area (Å²) in [4.78, 5) is 41.6. The Bertz CT molecular complexity index is 1250. The minimum Gasteiger partial charge on any atom is -0.484 e. The zero-order valence-corrected chi connectivity index (χ0v) is 21.2. The summed E-state index contributed by atoms with van der Waals surface area (Å²) in [6, 6.07) is 15.2. The quantitative estimate of drug-likeness (QED) is 0.547. The molecule has 1 saturated heterocycles. The highest BCUT2D eigenvalue weighted by atomic mass is 16.5. The first-order chi connectivity index (χ1) is 17.4. The topological polar surface area (TPSA) is 78.9 Å². The van der Waals surface area contributed by atoms with E-state index in [1.54, 1.807) is 29.2 Å². The summed E-state index contributed by atoms with van der Waals surface area (Å²) in [6.45, 7) is 5.54. The second kappa shape index (κ2) is 10.1. The molecule has 2 atom stereocenters. The van der Waals surface area contributed by atoms with E-state index in [0.717, 1.165) is 43.3 Å². The Hall–Kier alpha value is -3.68. The highest BCUT2D eigenvalue weighted by molar-refractivity contribution is 6.07. The van der Waals surface area contributed by atoms with Crippen molar-refractivity contribution in [3.05, 3.63) is 54.1 Å². The second-order valence-electron chi connectivity index (χ2n) is 9.83. The number of amides is 2. The van der Waals surface area contributed by atoms with Gasteiger partial charge in [-0.2, -0.15) is 0 Å². The molecular formula is C28H33N5O3. The van der Waals surface area contributed by atoms with Gasteiger partial charge in [-0.1, -0.05) is 12.1 Å². The Morgan fingerprint density at radius 3 is 2.19 bits per heavy atom. The monoisotopic (exact) mass is 487 g/mol. The van der Waals surface area contributed by atoms with Crippen LogP contribution in [0.3, 0.4) is 0 Å². The third-order valence-corrected chi connectivity index (χ3v) is 7.22. The Balaban J connectivity index is 1.31. The lowest BCUT2D eigenvalue weighted by molar-refractivity contribution is -0.139. The largest absolute Gasteiger partial charge is 0.484 e. The average molecular weight is 488 g/mol. The molecule has 2 aliphatic rings. The SMILES string of the molecule is CC1CCCC(C)N1C(=O)COc1ccc(C(=O)N2CCCN(C)c3nc4ccccc4nc32)cc1. The zero-order valence-electron chi connectivity index (χ0n) is 21.2. The van der Waals surface area contributed by atoms with E-state index in [1.807, 2.05) is 36.2 Å². The highest BCUT2D eigenvalue weighted by Gasteiger charge is 2.30. The van der Waals surface area contributed by atoms with Crippen molar-refractivity contribution < 1.29 is 14.3 Å². The maximum absolute atomic E-state index is 13.6. The van der Waals surface area contributed by atoms with Crippen molar-refractivity contribution in [2.45, 2.75) is 51.6 Å². The van der Waals surface area contributed by atoms with E-state index >= 15 is 0 Å². The summed E-state index contributed by atoms with van der Waals surface area (Å²) in [5.41, 5.74) is 2.11. The summed E-state index contributed by atoms with van der Waals surface area (Å²) in [6.07, 6.45) is 4.03. The van der Waals surface area contributed by atoms with E-state index in [2.05, 4.69) is 18.7 Å². The number of hydrogen-bond acceptors (Lipinski definition) is 6. The number of rotatable bonds is 4. The number of aromatic nitrogens is 2. The number of nitrogens with zero attached hydrogens (tertiary/aromatic N) is 5. The van der Waals surface area contributed by atoms with Gasteiger partial charge >= 0.3 is 0 Å². The standard InChI is InChI=1S/C28H33N5O3/c1-19-8-6-9-20(2)33(19)25(34)18-36-22-14-12-21(13-15-22)28(35)32-17-7-16-31(3)26-27(32)30-24-11-5-4-10-23(24)29-26/h4-5,10-15,19-20H,6-9,16-18H2,1-3H3. The van der Waals surface area contributed by atoms with Gasteiger partial charge in [-0.3, -0.25) is 14.5 Å². The van der Waals surface area contributed by atoms with Gasteiger partial charge < -0.3 is 14.5 Å². The summed E-state index contributed by atoms with van der Waals surface area (Å²) in [7, 11) is 1.98. The minimum atomic E-state index is -0.130. The van der Waals surface area contributed by atoms with Gasteiger partial charge in [0.15, 0.2) is 18.2 Å². The predicted molar refractivity (Wildman–Crippen MR) is 141 cm³/mol. The molecule has 1 aromatic heterocycles. The average Bonchev–Trinajstić information content (AvgIpc) is 3.04. The molecule has 5 rings (SSSR count). The lowest BCUT2D eigenvalue weighted by Gasteiger charge is -2.38. The van der Waals surface area contributed by atoms with E-state index in [0.29, 0.717) is 29.5 Å². The van der Waals surface area contributed by atoms with Gasteiger partial charge in [0.25, 0.3) is 11.8 Å². The van der Waals surface area contributed by atoms with E-state index < -0.39 is 0 Å². The van der Waals surface area contributed by atoms with Crippen molar-refractivity contribution in [1.29, 1.82) is 0 Å². The number of para-hydroxylation sites is 2. The number of carbonyl (C=O) groups excluding carboxylic acids is 2. The first-order valence-corrected chi connectivity index (χ1v) is 12.8. The molecule has 2 amide bonds. The van der Waals surface area contributed by atoms with Crippen LogP contribution in [0.1, 0.15) is 49.9 Å². The van der Waals surface area contributed by atoms with Crippen LogP contribution in [0.2, 0.25) is 0 Å². The molecule has 0 aliphatic carbocycles. The van der Waals surface area contributed by atoms with Gasteiger partial charge in [0.2, 0.25) is 0 Å². The van der Waals surface area contributed by atoms with Gasteiger partial charge in [-0.15, -0.1) is 0 Å². The van der Waals surface area contributed by atoms with Crippen molar-refractivity contribution in [2.24, 2.45) is 0 Å². The number of ether oxygens (including phenoxy) is 1. The van der Waals surface area contributed by atoms with E-state index in [-0.39, 0.29) is 30.5 Å². The minimum absolute atomic E-state index is 0.00350. The first-order valence-electron chi connectivity index (χ1n) is 12.8. The number of piperidine rings is 1. The van der Waals surface area contributed by atoms with Crippen LogP contribution >= 0.6 is 0 Å². The van der Waals surface area contributed by atoms with Crippen molar-refractivity contribution in [1.82, 2.24) is 14.9 Å². The third-order valence-electron chi connectivity index (χ3n) is 7.22. The molecule has 0 bridgehead atoms. The Kier molecular flexibility index (Phi) is 6.76. The highest BCUT2D eigenvalue weighted by Crippen LogP contribution is 2.31. The Morgan fingerprint density at radius 1 is 0.889 bits per heavy atom. The second-order valence-corrected chi connectivity index (χ2v) is 9.83. The number of fused-ring (bicyclic) bond motifs is 2. The zero-order chi connectivity index (χ0) is 25.2. The van der Waals surface area contributed by atoms with Gasteiger partial charge in [0.1, 0.15) is 5.75 Å². The van der Waals surface area contributed by atoms with Crippen LogP contribution in [0.25, 0.3) is 11.0 Å². The molecule has 2 unspecified atom stereocenters. The number of likely N-dealkylation sites (tertiary alicyclic amines) is 1. The molecule has 0 radical (unpaired) electrons. The Morgan fingerprint density at radius 2 is 1.53 bits per heavy atom. The van der Waals surface area contributed by atoms with Crippen LogP contribution in [0.4, 0.5) is 11.6 Å². The van der Waals surface area contributed by atoms with Gasteiger partial charge in [0.05, 0.1) is 11.0 Å². The van der Waals surface area contributed by atoms with Crippen LogP contribution in [0.15, 0.2) is 48.5 Å². The molecule has 3 aromatic rings. The van der Waals surface area contributed by atoms with Gasteiger partial charge in [0, 0.05) is 37.8 Å². The molecule has 2 aromatic carbocycles. The van der Waals surface area contributed by atoms with E-state index in [9.17, 15) is 9.59 Å². The molecule has 3 heterocycles. The number of anilines is 2. The van der Waals surface area contributed by atoms with Crippen molar-refractivity contribution >= 4 is 34.5 Å². The lowest BCUT2D eigenvalue weighted by atomic mass is 9.97. The molecule has 188 valence electrons. The summed E-state index contributed by atoms with van der Waals surface area (Å²) in [5, 5.41) is 0. The predicted octanol–water partition coefficient (Wildman–Crippen LogP) is 4.28. The maximum atomic E-state index is 13.6.